The summed E-state index contributed by atoms with van der Waals surface area (Å²) in [4.78, 5) is 46.6. The molecule has 8 nitrogen and oxygen atoms in total. The van der Waals surface area contributed by atoms with Gasteiger partial charge >= 0.3 is 186 Å². The van der Waals surface area contributed by atoms with Crippen molar-refractivity contribution < 1.29 is 19.2 Å². The molecule has 0 unspecified atom stereocenters. The predicted molar refractivity (Wildman–Crippen MR) is 139 cm³/mol. The topological polar surface area (TPSA) is 130 Å². The van der Waals surface area contributed by atoms with Crippen LogP contribution in [0.2, 0.25) is 13.3 Å². The molecule has 0 aromatic heterocycles. The fraction of sp³-hybridized carbons (Fsp3) is 0.600. The molecule has 4 amide bonds. The number of benzene rings is 1. The van der Waals surface area contributed by atoms with E-state index >= 15 is 0 Å². The van der Waals surface area contributed by atoms with Crippen molar-refractivity contribution in [3.05, 3.63) is 29.8 Å². The first kappa shape index (κ1) is 29.9. The molecular formula is C25H42N4O4Sn. The van der Waals surface area contributed by atoms with E-state index in [1.165, 1.54) is 55.4 Å². The number of hydrogen-bond acceptors (Lipinski definition) is 4. The molecule has 0 radical (unpaired) electrons. The van der Waals surface area contributed by atoms with Crippen molar-refractivity contribution in [3.63, 3.8) is 0 Å². The first-order valence-corrected chi connectivity index (χ1v) is 20.0. The molecular weight excluding hydrogens is 539 g/mol. The normalized spacial score (nSPS) is 11.0. The summed E-state index contributed by atoms with van der Waals surface area (Å²) in [6.45, 7) is 5.95. The van der Waals surface area contributed by atoms with E-state index in [0.29, 0.717) is 5.56 Å². The SMILES string of the molecule is CCC[CH2][Sn]([CH2]CCC)([CH2]CCC)[c]1ccc(C(=O)NCC(=O)NCC(=O)NCC(N)=O)cc1. The van der Waals surface area contributed by atoms with E-state index in [0.717, 1.165) is 0 Å². The standard InChI is InChI=1S/C13H15N4O4.3C4H9.Sn/c14-10(18)6-15-11(19)7-16-12(20)8-17-13(21)9-4-2-1-3-5-9;3*1-3-4-2;/h2-5H,6-8H2,(H2,14,18)(H,15,19)(H,16,20)(H,17,21);3*1,3-4H2,2H3;. The average molecular weight is 581 g/mol. The van der Waals surface area contributed by atoms with Crippen LogP contribution in [0.15, 0.2) is 24.3 Å². The minimum absolute atomic E-state index is 0.240. The zero-order chi connectivity index (χ0) is 25.4. The second-order valence-electron chi connectivity index (χ2n) is 8.87. The van der Waals surface area contributed by atoms with Gasteiger partial charge in [0.25, 0.3) is 0 Å². The Balaban J connectivity index is 2.73. The third kappa shape index (κ3) is 10.9. The van der Waals surface area contributed by atoms with Crippen LogP contribution in [0.5, 0.6) is 0 Å². The van der Waals surface area contributed by atoms with Crippen LogP contribution in [-0.2, 0) is 14.4 Å². The van der Waals surface area contributed by atoms with Crippen LogP contribution in [-0.4, -0.2) is 61.6 Å². The molecule has 0 atom stereocenters. The van der Waals surface area contributed by atoms with Crippen LogP contribution in [0.3, 0.4) is 0 Å². The number of carbonyl (C=O) groups excluding carboxylic acids is 4. The number of unbranched alkanes of at least 4 members (excludes halogenated alkanes) is 3. The number of carbonyl (C=O) groups is 4. The van der Waals surface area contributed by atoms with Crippen molar-refractivity contribution in [2.75, 3.05) is 19.6 Å². The minimum atomic E-state index is -2.53. The molecule has 0 bridgehead atoms. The summed E-state index contributed by atoms with van der Waals surface area (Å²) in [5.74, 6) is -2.01. The Bertz CT molecular complexity index is 777. The Morgan fingerprint density at radius 1 is 0.706 bits per heavy atom. The molecule has 0 saturated carbocycles. The second kappa shape index (κ2) is 16.5. The maximum absolute atomic E-state index is 12.5. The van der Waals surface area contributed by atoms with Crippen LogP contribution < -0.4 is 25.3 Å². The molecule has 0 heterocycles. The van der Waals surface area contributed by atoms with Crippen molar-refractivity contribution >= 4 is 45.6 Å². The molecule has 0 fully saturated rings. The monoisotopic (exact) mass is 582 g/mol. The van der Waals surface area contributed by atoms with E-state index in [-0.39, 0.29) is 25.5 Å². The first-order valence-electron chi connectivity index (χ1n) is 12.5. The van der Waals surface area contributed by atoms with Crippen molar-refractivity contribution in [3.8, 4) is 0 Å². The summed E-state index contributed by atoms with van der Waals surface area (Å²) in [5, 5.41) is 7.26. The summed E-state index contributed by atoms with van der Waals surface area (Å²) in [5.41, 5.74) is 5.47. The Kier molecular flexibility index (Phi) is 14.5. The summed E-state index contributed by atoms with van der Waals surface area (Å²) >= 11 is -2.53. The Morgan fingerprint density at radius 3 is 1.59 bits per heavy atom. The quantitative estimate of drug-likeness (QED) is 0.210. The zero-order valence-electron chi connectivity index (χ0n) is 21.0. The van der Waals surface area contributed by atoms with E-state index in [1.807, 2.05) is 12.1 Å². The van der Waals surface area contributed by atoms with Crippen LogP contribution in [0.4, 0.5) is 0 Å². The number of hydrogen-bond donors (Lipinski definition) is 4. The van der Waals surface area contributed by atoms with Gasteiger partial charge in [-0.2, -0.15) is 0 Å². The predicted octanol–water partition coefficient (Wildman–Crippen LogP) is 2.19. The van der Waals surface area contributed by atoms with Gasteiger partial charge in [-0.25, -0.2) is 0 Å². The number of amides is 4. The van der Waals surface area contributed by atoms with Crippen LogP contribution in [0, 0.1) is 0 Å². The molecule has 1 aromatic rings. The first-order chi connectivity index (χ1) is 16.3. The zero-order valence-corrected chi connectivity index (χ0v) is 23.9. The molecule has 0 aliphatic carbocycles. The number of rotatable bonds is 17. The molecule has 34 heavy (non-hydrogen) atoms. The van der Waals surface area contributed by atoms with Crippen molar-refractivity contribution in [2.45, 2.75) is 72.6 Å². The Morgan fingerprint density at radius 2 is 1.15 bits per heavy atom. The van der Waals surface area contributed by atoms with Gasteiger partial charge in [0, 0.05) is 0 Å². The second-order valence-corrected chi connectivity index (χ2v) is 22.1. The average Bonchev–Trinajstić information content (AvgIpc) is 2.84. The Labute approximate surface area is 208 Å². The molecule has 0 spiro atoms. The van der Waals surface area contributed by atoms with E-state index in [1.54, 1.807) is 0 Å². The Hall–Kier alpha value is -2.10. The van der Waals surface area contributed by atoms with Gasteiger partial charge in [-0.05, 0) is 0 Å². The maximum atomic E-state index is 12.5. The van der Waals surface area contributed by atoms with Crippen LogP contribution >= 0.6 is 0 Å². The third-order valence-corrected chi connectivity index (χ3v) is 21.8. The number of nitrogens with one attached hydrogen (secondary N) is 3. The van der Waals surface area contributed by atoms with Gasteiger partial charge in [-0.1, -0.05) is 0 Å². The van der Waals surface area contributed by atoms with Gasteiger partial charge in [-0.3, -0.25) is 4.79 Å². The van der Waals surface area contributed by atoms with Gasteiger partial charge in [0.05, 0.1) is 6.54 Å². The molecule has 0 aliphatic rings. The fourth-order valence-electron chi connectivity index (χ4n) is 4.08. The molecule has 0 aliphatic heterocycles. The van der Waals surface area contributed by atoms with Crippen molar-refractivity contribution in [2.24, 2.45) is 5.73 Å². The van der Waals surface area contributed by atoms with Crippen LogP contribution in [0.25, 0.3) is 0 Å². The van der Waals surface area contributed by atoms with Crippen molar-refractivity contribution in [1.29, 1.82) is 0 Å². The third-order valence-electron chi connectivity index (χ3n) is 6.10. The molecule has 9 heteroatoms. The summed E-state index contributed by atoms with van der Waals surface area (Å²) in [6.07, 6.45) is 7.48. The van der Waals surface area contributed by atoms with E-state index < -0.39 is 36.1 Å². The molecule has 1 rings (SSSR count). The number of primary amides is 1. The van der Waals surface area contributed by atoms with Gasteiger partial charge in [-0.15, -0.1) is 0 Å². The van der Waals surface area contributed by atoms with Crippen molar-refractivity contribution in [1.82, 2.24) is 16.0 Å². The van der Waals surface area contributed by atoms with E-state index in [4.69, 9.17) is 5.73 Å². The van der Waals surface area contributed by atoms with Gasteiger partial charge in [0.2, 0.25) is 5.91 Å². The van der Waals surface area contributed by atoms with E-state index in [9.17, 15) is 19.2 Å². The molecule has 0 saturated heterocycles. The fourth-order valence-corrected chi connectivity index (χ4v) is 20.0. The summed E-state index contributed by atoms with van der Waals surface area (Å²) in [7, 11) is 0. The van der Waals surface area contributed by atoms with E-state index in [2.05, 4.69) is 48.9 Å². The summed E-state index contributed by atoms with van der Waals surface area (Å²) in [6, 6.07) is 8.09. The van der Waals surface area contributed by atoms with Crippen LogP contribution in [0.1, 0.15) is 69.7 Å². The molecule has 5 N–H and O–H groups in total. The summed E-state index contributed by atoms with van der Waals surface area (Å²) < 4.78 is 5.60. The van der Waals surface area contributed by atoms with Gasteiger partial charge in [0.15, 0.2) is 0 Å². The van der Waals surface area contributed by atoms with Gasteiger partial charge in [0.1, 0.15) is 0 Å². The molecule has 1 aromatic carbocycles. The van der Waals surface area contributed by atoms with Gasteiger partial charge < -0.3 is 5.73 Å². The number of nitrogens with two attached hydrogens (primary N) is 1. The molecule has 190 valence electrons.